The summed E-state index contributed by atoms with van der Waals surface area (Å²) in [6.45, 7) is 9.27. The van der Waals surface area contributed by atoms with Gasteiger partial charge in [-0.2, -0.15) is 0 Å². The van der Waals surface area contributed by atoms with Crippen LogP contribution in [0.1, 0.15) is 47.0 Å². The second-order valence-corrected chi connectivity index (χ2v) is 6.94. The van der Waals surface area contributed by atoms with Gasteiger partial charge in [-0.3, -0.25) is 0 Å². The predicted octanol–water partition coefficient (Wildman–Crippen LogP) is 3.09. The van der Waals surface area contributed by atoms with Gasteiger partial charge in [0.1, 0.15) is 0 Å². The molecule has 2 heteroatoms. The molecular weight excluding hydrogens is 212 g/mol. The third kappa shape index (κ3) is 2.04. The van der Waals surface area contributed by atoms with Crippen LogP contribution in [0.4, 0.5) is 0 Å². The first-order chi connectivity index (χ1) is 7.90. The maximum atomic E-state index is 10.4. The van der Waals surface area contributed by atoms with Gasteiger partial charge in [0.25, 0.3) is 0 Å². The van der Waals surface area contributed by atoms with E-state index in [0.29, 0.717) is 23.2 Å². The summed E-state index contributed by atoms with van der Waals surface area (Å²) in [5.41, 5.74) is 0.308. The standard InChI is InChI=1S/C15H28O2/c1-9(2)15(4)8-13(16)12-7-11(15)6-10(3)14(12)17-5/h9-14,16H,6-8H2,1-5H3. The summed E-state index contributed by atoms with van der Waals surface area (Å²) in [7, 11) is 1.80. The van der Waals surface area contributed by atoms with E-state index in [9.17, 15) is 5.11 Å². The third-order valence-electron chi connectivity index (χ3n) is 5.86. The molecule has 0 heterocycles. The second-order valence-electron chi connectivity index (χ2n) is 6.94. The highest BCUT2D eigenvalue weighted by Crippen LogP contribution is 2.55. The van der Waals surface area contributed by atoms with Gasteiger partial charge in [-0.1, -0.05) is 27.7 Å². The van der Waals surface area contributed by atoms with E-state index < -0.39 is 0 Å². The Kier molecular flexibility index (Phi) is 3.57. The van der Waals surface area contributed by atoms with Gasteiger partial charge in [-0.25, -0.2) is 0 Å². The number of ether oxygens (including phenoxy) is 1. The first kappa shape index (κ1) is 13.4. The Balaban J connectivity index is 2.24. The maximum absolute atomic E-state index is 10.4. The molecule has 2 nitrogen and oxygen atoms in total. The lowest BCUT2D eigenvalue weighted by Crippen LogP contribution is -2.54. The van der Waals surface area contributed by atoms with E-state index in [4.69, 9.17) is 4.74 Å². The average Bonchev–Trinajstić information content (AvgIpc) is 2.25. The molecule has 0 saturated heterocycles. The summed E-state index contributed by atoms with van der Waals surface area (Å²) in [6.07, 6.45) is 3.45. The Hall–Kier alpha value is -0.0800. The van der Waals surface area contributed by atoms with Crippen LogP contribution in [0.25, 0.3) is 0 Å². The highest BCUT2D eigenvalue weighted by Gasteiger charge is 2.52. The summed E-state index contributed by atoms with van der Waals surface area (Å²) in [5, 5.41) is 10.4. The molecule has 2 aliphatic carbocycles. The van der Waals surface area contributed by atoms with Gasteiger partial charge in [0.15, 0.2) is 0 Å². The zero-order valence-corrected chi connectivity index (χ0v) is 11.9. The smallest absolute Gasteiger partial charge is 0.0649 e. The van der Waals surface area contributed by atoms with Crippen LogP contribution in [0.15, 0.2) is 0 Å². The van der Waals surface area contributed by atoms with Gasteiger partial charge >= 0.3 is 0 Å². The van der Waals surface area contributed by atoms with Crippen molar-refractivity contribution in [1.82, 2.24) is 0 Å². The molecule has 1 N–H and O–H groups in total. The monoisotopic (exact) mass is 240 g/mol. The molecule has 2 fully saturated rings. The Morgan fingerprint density at radius 3 is 2.47 bits per heavy atom. The summed E-state index contributed by atoms with van der Waals surface area (Å²) < 4.78 is 5.63. The van der Waals surface area contributed by atoms with Gasteiger partial charge in [0.05, 0.1) is 12.2 Å². The lowest BCUT2D eigenvalue weighted by molar-refractivity contribution is -0.150. The minimum atomic E-state index is -0.175. The van der Waals surface area contributed by atoms with Crippen LogP contribution in [-0.4, -0.2) is 24.4 Å². The molecule has 0 spiro atoms. The fraction of sp³-hybridized carbons (Fsp3) is 1.00. The topological polar surface area (TPSA) is 29.5 Å². The van der Waals surface area contributed by atoms with Gasteiger partial charge in [-0.15, -0.1) is 0 Å². The molecule has 2 bridgehead atoms. The number of aliphatic hydroxyl groups excluding tert-OH is 1. The van der Waals surface area contributed by atoms with E-state index in [1.807, 2.05) is 0 Å². The number of hydrogen-bond acceptors (Lipinski definition) is 2. The molecule has 0 aromatic carbocycles. The zero-order chi connectivity index (χ0) is 12.8. The highest BCUT2D eigenvalue weighted by atomic mass is 16.5. The third-order valence-corrected chi connectivity index (χ3v) is 5.86. The molecular formula is C15H28O2. The molecule has 100 valence electrons. The van der Waals surface area contributed by atoms with Crippen molar-refractivity contribution in [3.63, 3.8) is 0 Å². The second kappa shape index (κ2) is 4.55. The molecule has 0 amide bonds. The van der Waals surface area contributed by atoms with Crippen molar-refractivity contribution in [2.45, 2.75) is 59.2 Å². The van der Waals surface area contributed by atoms with Gasteiger partial charge in [0, 0.05) is 13.0 Å². The predicted molar refractivity (Wildman–Crippen MR) is 69.7 cm³/mol. The van der Waals surface area contributed by atoms with E-state index >= 15 is 0 Å². The molecule has 6 atom stereocenters. The van der Waals surface area contributed by atoms with Crippen molar-refractivity contribution in [3.05, 3.63) is 0 Å². The maximum Gasteiger partial charge on any atom is 0.0649 e. The summed E-state index contributed by atoms with van der Waals surface area (Å²) >= 11 is 0. The quantitative estimate of drug-likeness (QED) is 0.803. The van der Waals surface area contributed by atoms with Crippen LogP contribution in [0, 0.1) is 29.1 Å². The van der Waals surface area contributed by atoms with Gasteiger partial charge in [-0.05, 0) is 42.4 Å². The number of aliphatic hydroxyl groups is 1. The minimum Gasteiger partial charge on any atom is -0.393 e. The first-order valence-corrected chi connectivity index (χ1v) is 7.11. The fourth-order valence-electron chi connectivity index (χ4n) is 4.36. The lowest BCUT2D eigenvalue weighted by Gasteiger charge is -2.55. The molecule has 2 rings (SSSR count). The van der Waals surface area contributed by atoms with Crippen molar-refractivity contribution < 1.29 is 9.84 Å². The van der Waals surface area contributed by atoms with Crippen molar-refractivity contribution in [2.75, 3.05) is 7.11 Å². The van der Waals surface area contributed by atoms with E-state index in [-0.39, 0.29) is 12.2 Å². The summed E-state index contributed by atoms with van der Waals surface area (Å²) in [6, 6.07) is 0. The van der Waals surface area contributed by atoms with Crippen LogP contribution in [0.5, 0.6) is 0 Å². The number of fused-ring (bicyclic) bond motifs is 2. The van der Waals surface area contributed by atoms with Gasteiger partial charge < -0.3 is 9.84 Å². The van der Waals surface area contributed by atoms with E-state index in [2.05, 4.69) is 27.7 Å². The number of hydrogen-bond donors (Lipinski definition) is 1. The SMILES string of the molecule is COC1C(C)CC2CC1C(O)CC2(C)C(C)C. The zero-order valence-electron chi connectivity index (χ0n) is 11.9. The normalized spacial score (nSPS) is 50.6. The van der Waals surface area contributed by atoms with E-state index in [1.54, 1.807) is 7.11 Å². The Labute approximate surface area is 106 Å². The fourth-order valence-corrected chi connectivity index (χ4v) is 4.36. The number of rotatable bonds is 2. The van der Waals surface area contributed by atoms with Crippen LogP contribution in [0.2, 0.25) is 0 Å². The van der Waals surface area contributed by atoms with Crippen molar-refractivity contribution in [1.29, 1.82) is 0 Å². The molecule has 0 aromatic heterocycles. The Bertz CT molecular complexity index is 276. The highest BCUT2D eigenvalue weighted by molar-refractivity contribution is 5.02. The van der Waals surface area contributed by atoms with Crippen LogP contribution in [-0.2, 0) is 4.74 Å². The number of methoxy groups -OCH3 is 1. The summed E-state index contributed by atoms with van der Waals surface area (Å²) in [5.74, 6) is 2.35. The average molecular weight is 240 g/mol. The largest absolute Gasteiger partial charge is 0.393 e. The molecule has 2 aliphatic rings. The van der Waals surface area contributed by atoms with Gasteiger partial charge in [0.2, 0.25) is 0 Å². The Morgan fingerprint density at radius 2 is 1.94 bits per heavy atom. The first-order valence-electron chi connectivity index (χ1n) is 7.11. The van der Waals surface area contributed by atoms with Crippen LogP contribution in [0.3, 0.4) is 0 Å². The van der Waals surface area contributed by atoms with Crippen molar-refractivity contribution >= 4 is 0 Å². The van der Waals surface area contributed by atoms with Crippen LogP contribution >= 0.6 is 0 Å². The molecule has 17 heavy (non-hydrogen) atoms. The van der Waals surface area contributed by atoms with Crippen molar-refractivity contribution in [3.8, 4) is 0 Å². The molecule has 0 radical (unpaired) electrons. The van der Waals surface area contributed by atoms with Crippen molar-refractivity contribution in [2.24, 2.45) is 29.1 Å². The lowest BCUT2D eigenvalue weighted by atomic mass is 9.52. The molecule has 6 unspecified atom stereocenters. The molecule has 0 aliphatic heterocycles. The Morgan fingerprint density at radius 1 is 1.29 bits per heavy atom. The molecule has 2 saturated carbocycles. The minimum absolute atomic E-state index is 0.175. The molecule has 0 aromatic rings. The van der Waals surface area contributed by atoms with Crippen LogP contribution < -0.4 is 0 Å². The summed E-state index contributed by atoms with van der Waals surface area (Å²) in [4.78, 5) is 0. The van der Waals surface area contributed by atoms with E-state index in [1.165, 1.54) is 6.42 Å². The van der Waals surface area contributed by atoms with E-state index in [0.717, 1.165) is 18.8 Å².